The Labute approximate surface area is 130 Å². The van der Waals surface area contributed by atoms with Crippen LogP contribution < -0.4 is 5.32 Å². The number of hydrogen-bond donors (Lipinski definition) is 2. The average molecular weight is 289 g/mol. The van der Waals surface area contributed by atoms with Crippen LogP contribution in [0.15, 0.2) is 30.3 Å². The molecule has 0 aromatic heterocycles. The van der Waals surface area contributed by atoms with E-state index in [-0.39, 0.29) is 0 Å². The maximum Gasteiger partial charge on any atom is 0.0772 e. The van der Waals surface area contributed by atoms with Crippen LogP contribution >= 0.6 is 0 Å². The maximum atomic E-state index is 10.8. The van der Waals surface area contributed by atoms with Crippen LogP contribution in [0.4, 0.5) is 0 Å². The van der Waals surface area contributed by atoms with E-state index in [9.17, 15) is 5.11 Å². The molecule has 118 valence electrons. The van der Waals surface area contributed by atoms with Crippen LogP contribution in [0.2, 0.25) is 0 Å². The SMILES string of the molecule is CCCC(NCC1(O)CCC(CC)CC1)c1ccccc1. The van der Waals surface area contributed by atoms with Crippen molar-refractivity contribution >= 4 is 0 Å². The number of nitrogens with one attached hydrogen (secondary N) is 1. The molecule has 2 rings (SSSR count). The summed E-state index contributed by atoms with van der Waals surface area (Å²) in [6.45, 7) is 5.21. The van der Waals surface area contributed by atoms with Crippen molar-refractivity contribution < 1.29 is 5.11 Å². The molecular formula is C19H31NO. The molecule has 1 aromatic rings. The summed E-state index contributed by atoms with van der Waals surface area (Å²) < 4.78 is 0. The van der Waals surface area contributed by atoms with Crippen molar-refractivity contribution in [3.05, 3.63) is 35.9 Å². The van der Waals surface area contributed by atoms with Crippen molar-refractivity contribution in [3.8, 4) is 0 Å². The smallest absolute Gasteiger partial charge is 0.0772 e. The molecule has 0 amide bonds. The summed E-state index contributed by atoms with van der Waals surface area (Å²) in [6, 6.07) is 11.0. The van der Waals surface area contributed by atoms with Gasteiger partial charge in [0.1, 0.15) is 0 Å². The third-order valence-corrected chi connectivity index (χ3v) is 5.07. The second-order valence-electron chi connectivity index (χ2n) is 6.71. The third kappa shape index (κ3) is 4.82. The fraction of sp³-hybridized carbons (Fsp3) is 0.684. The molecule has 21 heavy (non-hydrogen) atoms. The van der Waals surface area contributed by atoms with E-state index in [0.29, 0.717) is 6.04 Å². The summed E-state index contributed by atoms with van der Waals surface area (Å²) in [5.74, 6) is 0.825. The summed E-state index contributed by atoms with van der Waals surface area (Å²) >= 11 is 0. The number of hydrogen-bond acceptors (Lipinski definition) is 2. The highest BCUT2D eigenvalue weighted by molar-refractivity contribution is 5.18. The van der Waals surface area contributed by atoms with Gasteiger partial charge in [-0.15, -0.1) is 0 Å². The second kappa shape index (κ2) is 7.95. The minimum Gasteiger partial charge on any atom is -0.389 e. The molecule has 1 aliphatic carbocycles. The number of rotatable bonds is 7. The lowest BCUT2D eigenvalue weighted by Gasteiger charge is -2.37. The predicted octanol–water partition coefficient (Wildman–Crippen LogP) is 4.45. The molecule has 0 radical (unpaired) electrons. The van der Waals surface area contributed by atoms with Gasteiger partial charge in [-0.1, -0.05) is 57.0 Å². The van der Waals surface area contributed by atoms with Gasteiger partial charge in [0.25, 0.3) is 0 Å². The highest BCUT2D eigenvalue weighted by atomic mass is 16.3. The van der Waals surface area contributed by atoms with Crippen molar-refractivity contribution in [2.75, 3.05) is 6.54 Å². The molecule has 1 aliphatic rings. The monoisotopic (exact) mass is 289 g/mol. The quantitative estimate of drug-likeness (QED) is 0.777. The van der Waals surface area contributed by atoms with E-state index < -0.39 is 5.60 Å². The van der Waals surface area contributed by atoms with Gasteiger partial charge in [-0.2, -0.15) is 0 Å². The Balaban J connectivity index is 1.90. The number of aliphatic hydroxyl groups is 1. The average Bonchev–Trinajstić information content (AvgIpc) is 2.53. The van der Waals surface area contributed by atoms with E-state index in [2.05, 4.69) is 49.5 Å². The molecule has 2 nitrogen and oxygen atoms in total. The molecule has 0 bridgehead atoms. The molecule has 1 atom stereocenters. The molecule has 2 N–H and O–H groups in total. The third-order valence-electron chi connectivity index (χ3n) is 5.07. The normalized spacial score (nSPS) is 27.5. The lowest BCUT2D eigenvalue weighted by Crippen LogP contribution is -2.44. The molecule has 0 aliphatic heterocycles. The maximum absolute atomic E-state index is 10.8. The fourth-order valence-corrected chi connectivity index (χ4v) is 3.47. The molecule has 1 saturated carbocycles. The Morgan fingerprint density at radius 2 is 1.86 bits per heavy atom. The van der Waals surface area contributed by atoms with Crippen molar-refractivity contribution in [2.45, 2.75) is 70.4 Å². The van der Waals surface area contributed by atoms with Gasteiger partial charge in [-0.3, -0.25) is 0 Å². The van der Waals surface area contributed by atoms with E-state index in [1.807, 2.05) is 0 Å². The van der Waals surface area contributed by atoms with Gasteiger partial charge in [-0.25, -0.2) is 0 Å². The summed E-state index contributed by atoms with van der Waals surface area (Å²) in [5, 5.41) is 14.4. The zero-order chi connectivity index (χ0) is 15.1. The zero-order valence-electron chi connectivity index (χ0n) is 13.6. The van der Waals surface area contributed by atoms with Crippen molar-refractivity contribution in [2.24, 2.45) is 5.92 Å². The van der Waals surface area contributed by atoms with E-state index in [4.69, 9.17) is 0 Å². The fourth-order valence-electron chi connectivity index (χ4n) is 3.47. The van der Waals surface area contributed by atoms with Crippen LogP contribution in [0.5, 0.6) is 0 Å². The zero-order valence-corrected chi connectivity index (χ0v) is 13.6. The van der Waals surface area contributed by atoms with Gasteiger partial charge in [-0.05, 0) is 43.6 Å². The first-order valence-electron chi connectivity index (χ1n) is 8.67. The van der Waals surface area contributed by atoms with Gasteiger partial charge in [0, 0.05) is 12.6 Å². The highest BCUT2D eigenvalue weighted by Gasteiger charge is 2.32. The minimum absolute atomic E-state index is 0.365. The van der Waals surface area contributed by atoms with Gasteiger partial charge in [0.05, 0.1) is 5.60 Å². The van der Waals surface area contributed by atoms with Crippen LogP contribution in [-0.4, -0.2) is 17.3 Å². The van der Waals surface area contributed by atoms with Crippen LogP contribution in [-0.2, 0) is 0 Å². The highest BCUT2D eigenvalue weighted by Crippen LogP contribution is 2.33. The largest absolute Gasteiger partial charge is 0.389 e. The van der Waals surface area contributed by atoms with Crippen LogP contribution in [0.1, 0.15) is 70.4 Å². The standard InChI is InChI=1S/C19H31NO/c1-3-8-18(17-9-6-5-7-10-17)20-15-19(21)13-11-16(4-2)12-14-19/h5-7,9-10,16,18,20-21H,3-4,8,11-15H2,1-2H3. The Hall–Kier alpha value is -0.860. The second-order valence-corrected chi connectivity index (χ2v) is 6.71. The molecule has 2 heteroatoms. The molecule has 1 unspecified atom stereocenters. The first-order valence-corrected chi connectivity index (χ1v) is 8.67. The first-order chi connectivity index (χ1) is 10.2. The van der Waals surface area contributed by atoms with Crippen LogP contribution in [0.25, 0.3) is 0 Å². The molecule has 1 fully saturated rings. The molecule has 0 heterocycles. The van der Waals surface area contributed by atoms with Crippen molar-refractivity contribution in [3.63, 3.8) is 0 Å². The van der Waals surface area contributed by atoms with E-state index in [0.717, 1.165) is 38.1 Å². The predicted molar refractivity (Wildman–Crippen MR) is 89.3 cm³/mol. The van der Waals surface area contributed by atoms with Gasteiger partial charge in [0.2, 0.25) is 0 Å². The molecular weight excluding hydrogens is 258 g/mol. The lowest BCUT2D eigenvalue weighted by molar-refractivity contribution is -0.0109. The molecule has 0 saturated heterocycles. The minimum atomic E-state index is -0.494. The van der Waals surface area contributed by atoms with Gasteiger partial charge in [0.15, 0.2) is 0 Å². The summed E-state index contributed by atoms with van der Waals surface area (Å²) in [5.41, 5.74) is 0.845. The Morgan fingerprint density at radius 1 is 1.19 bits per heavy atom. The van der Waals surface area contributed by atoms with E-state index >= 15 is 0 Å². The molecule has 0 spiro atoms. The Bertz CT molecular complexity index is 395. The van der Waals surface area contributed by atoms with Crippen LogP contribution in [0, 0.1) is 5.92 Å². The van der Waals surface area contributed by atoms with Crippen molar-refractivity contribution in [1.82, 2.24) is 5.32 Å². The van der Waals surface area contributed by atoms with E-state index in [1.165, 1.54) is 24.8 Å². The van der Waals surface area contributed by atoms with Crippen LogP contribution in [0.3, 0.4) is 0 Å². The van der Waals surface area contributed by atoms with E-state index in [1.54, 1.807) is 0 Å². The summed E-state index contributed by atoms with van der Waals surface area (Å²) in [6.07, 6.45) is 7.79. The first kappa shape index (κ1) is 16.5. The lowest BCUT2D eigenvalue weighted by atomic mass is 9.77. The summed E-state index contributed by atoms with van der Waals surface area (Å²) in [7, 11) is 0. The van der Waals surface area contributed by atoms with Gasteiger partial charge >= 0.3 is 0 Å². The van der Waals surface area contributed by atoms with Crippen molar-refractivity contribution in [1.29, 1.82) is 0 Å². The molecule has 1 aromatic carbocycles. The Kier molecular flexibility index (Phi) is 6.25. The van der Waals surface area contributed by atoms with Gasteiger partial charge < -0.3 is 10.4 Å². The summed E-state index contributed by atoms with van der Waals surface area (Å²) in [4.78, 5) is 0. The number of benzene rings is 1. The Morgan fingerprint density at radius 3 is 2.43 bits per heavy atom. The topological polar surface area (TPSA) is 32.3 Å².